The highest BCUT2D eigenvalue weighted by molar-refractivity contribution is 7.17. The van der Waals surface area contributed by atoms with Gasteiger partial charge < -0.3 is 10.5 Å². The highest BCUT2D eigenvalue weighted by atomic mass is 32.1. The fraction of sp³-hybridized carbons (Fsp3) is 0.407. The van der Waals surface area contributed by atoms with Gasteiger partial charge in [-0.25, -0.2) is 0 Å². The first kappa shape index (κ1) is 26.5. The van der Waals surface area contributed by atoms with Gasteiger partial charge in [-0.15, -0.1) is 11.3 Å². The summed E-state index contributed by atoms with van der Waals surface area (Å²) in [5.41, 5.74) is 9.60. The van der Waals surface area contributed by atoms with Crippen LogP contribution in [0.2, 0.25) is 0 Å². The van der Waals surface area contributed by atoms with E-state index >= 15 is 0 Å². The lowest BCUT2D eigenvalue weighted by Crippen LogP contribution is -2.41. The molecule has 0 saturated heterocycles. The van der Waals surface area contributed by atoms with Gasteiger partial charge in [-0.05, 0) is 65.6 Å². The molecule has 3 rings (SSSR count). The zero-order valence-electron chi connectivity index (χ0n) is 21.4. The standard InChI is InChI=1S/C27H35N5O2S/c1-16-17(2)35-26-23(16)24(20-12-10-19(11-13-20)9-7-8-14-28)31-21(25(30)32(26)18(3)29)15-22(33)34-27(4,5)6/h7,9-13,21,29-30H,8,14-15,28H2,1-6H3/b9-7+,29-18?,30-25?/t21-/m0/s1. The van der Waals surface area contributed by atoms with Crippen LogP contribution in [0.5, 0.6) is 0 Å². The number of ether oxygens (including phenoxy) is 1. The minimum atomic E-state index is -0.774. The van der Waals surface area contributed by atoms with Gasteiger partial charge in [0.1, 0.15) is 28.3 Å². The third-order valence-electron chi connectivity index (χ3n) is 5.59. The summed E-state index contributed by atoms with van der Waals surface area (Å²) in [5.74, 6) is -0.109. The average molecular weight is 494 g/mol. The lowest BCUT2D eigenvalue weighted by Gasteiger charge is -2.25. The molecule has 1 aromatic heterocycles. The van der Waals surface area contributed by atoms with Gasteiger partial charge in [-0.1, -0.05) is 36.4 Å². The first-order valence-electron chi connectivity index (χ1n) is 11.7. The monoisotopic (exact) mass is 493 g/mol. The zero-order valence-corrected chi connectivity index (χ0v) is 22.2. The van der Waals surface area contributed by atoms with Gasteiger partial charge in [-0.3, -0.25) is 25.5 Å². The van der Waals surface area contributed by atoms with Gasteiger partial charge in [0.15, 0.2) is 0 Å². The molecule has 0 aliphatic carbocycles. The van der Waals surface area contributed by atoms with Crippen molar-refractivity contribution < 1.29 is 9.53 Å². The lowest BCUT2D eigenvalue weighted by molar-refractivity contribution is -0.154. The third-order valence-corrected chi connectivity index (χ3v) is 6.78. The Morgan fingerprint density at radius 1 is 1.26 bits per heavy atom. The fourth-order valence-electron chi connectivity index (χ4n) is 3.89. The van der Waals surface area contributed by atoms with Crippen LogP contribution in [-0.2, 0) is 9.53 Å². The average Bonchev–Trinajstić information content (AvgIpc) is 2.97. The van der Waals surface area contributed by atoms with Gasteiger partial charge in [0.2, 0.25) is 0 Å². The Bertz CT molecular complexity index is 1190. The number of nitrogens with one attached hydrogen (secondary N) is 2. The molecule has 0 amide bonds. The Labute approximate surface area is 211 Å². The Morgan fingerprint density at radius 2 is 1.91 bits per heavy atom. The number of rotatable bonds is 6. The van der Waals surface area contributed by atoms with Crippen molar-refractivity contribution >= 4 is 45.8 Å². The van der Waals surface area contributed by atoms with E-state index in [9.17, 15) is 4.79 Å². The molecule has 1 aliphatic heterocycles. The van der Waals surface area contributed by atoms with Crippen LogP contribution in [0.3, 0.4) is 0 Å². The van der Waals surface area contributed by atoms with Crippen LogP contribution in [0.1, 0.15) is 67.7 Å². The van der Waals surface area contributed by atoms with E-state index in [1.54, 1.807) is 23.2 Å². The number of nitrogens with zero attached hydrogens (tertiary/aromatic N) is 2. The number of hydrogen-bond donors (Lipinski definition) is 3. The van der Waals surface area contributed by atoms with E-state index < -0.39 is 17.6 Å². The molecular formula is C27H35N5O2S. The van der Waals surface area contributed by atoms with Crippen LogP contribution in [0.4, 0.5) is 5.00 Å². The maximum Gasteiger partial charge on any atom is 0.308 e. The van der Waals surface area contributed by atoms with Crippen molar-refractivity contribution in [1.82, 2.24) is 0 Å². The number of thiophene rings is 1. The Morgan fingerprint density at radius 3 is 2.49 bits per heavy atom. The van der Waals surface area contributed by atoms with Gasteiger partial charge in [0.25, 0.3) is 0 Å². The molecule has 1 aromatic carbocycles. The number of nitrogens with two attached hydrogens (primary N) is 1. The Balaban J connectivity index is 2.13. The summed E-state index contributed by atoms with van der Waals surface area (Å²) in [4.78, 5) is 20.4. The third kappa shape index (κ3) is 6.13. The first-order chi connectivity index (χ1) is 16.4. The molecule has 4 N–H and O–H groups in total. The molecule has 0 unspecified atom stereocenters. The van der Waals surface area contributed by atoms with Gasteiger partial charge in [0.05, 0.1) is 12.1 Å². The number of esters is 1. The van der Waals surface area contributed by atoms with Crippen molar-refractivity contribution in [2.24, 2.45) is 10.7 Å². The molecule has 0 saturated carbocycles. The number of hydrogen-bond acceptors (Lipinski definition) is 7. The van der Waals surface area contributed by atoms with E-state index in [-0.39, 0.29) is 18.1 Å². The number of carbonyl (C=O) groups excluding carboxylic acids is 1. The highest BCUT2D eigenvalue weighted by Gasteiger charge is 2.35. The quantitative estimate of drug-likeness (QED) is 0.281. The van der Waals surface area contributed by atoms with Crippen LogP contribution in [0.15, 0.2) is 35.3 Å². The molecule has 0 spiro atoms. The van der Waals surface area contributed by atoms with Gasteiger partial charge in [-0.2, -0.15) is 0 Å². The van der Waals surface area contributed by atoms with Crippen molar-refractivity contribution in [1.29, 1.82) is 10.8 Å². The van der Waals surface area contributed by atoms with E-state index in [4.69, 9.17) is 26.3 Å². The predicted molar refractivity (Wildman–Crippen MR) is 146 cm³/mol. The molecule has 186 valence electrons. The highest BCUT2D eigenvalue weighted by Crippen LogP contribution is 2.40. The van der Waals surface area contributed by atoms with Gasteiger partial charge >= 0.3 is 5.97 Å². The van der Waals surface area contributed by atoms with Crippen LogP contribution in [-0.4, -0.2) is 41.5 Å². The van der Waals surface area contributed by atoms with Crippen LogP contribution in [0.25, 0.3) is 6.08 Å². The summed E-state index contributed by atoms with van der Waals surface area (Å²) >= 11 is 1.54. The predicted octanol–water partition coefficient (Wildman–Crippen LogP) is 5.46. The molecule has 0 bridgehead atoms. The molecular weight excluding hydrogens is 458 g/mol. The largest absolute Gasteiger partial charge is 0.460 e. The SMILES string of the molecule is CC(=N)N1C(=N)[C@H](CC(=O)OC(C)(C)C)N=C(c2ccc(/C=C/CCN)cc2)c2c1sc(C)c2C. The topological polar surface area (TPSA) is 116 Å². The zero-order chi connectivity index (χ0) is 25.9. The summed E-state index contributed by atoms with van der Waals surface area (Å²) < 4.78 is 5.54. The Hall–Kier alpha value is -3.10. The molecule has 8 heteroatoms. The minimum absolute atomic E-state index is 0.0732. The molecule has 0 radical (unpaired) electrons. The van der Waals surface area contributed by atoms with Gasteiger partial charge in [0, 0.05) is 16.0 Å². The maximum atomic E-state index is 12.7. The van der Waals surface area contributed by atoms with Crippen LogP contribution in [0, 0.1) is 24.7 Å². The van der Waals surface area contributed by atoms with E-state index in [0.717, 1.165) is 44.3 Å². The summed E-state index contributed by atoms with van der Waals surface area (Å²) in [6.45, 7) is 11.8. The van der Waals surface area contributed by atoms with Crippen molar-refractivity contribution in [2.75, 3.05) is 11.4 Å². The molecule has 1 aliphatic rings. The lowest BCUT2D eigenvalue weighted by atomic mass is 9.98. The van der Waals surface area contributed by atoms with E-state index in [1.165, 1.54) is 0 Å². The number of anilines is 1. The molecule has 2 aromatic rings. The summed E-state index contributed by atoms with van der Waals surface area (Å²) in [5, 5.41) is 18.2. The van der Waals surface area contributed by atoms with E-state index in [1.807, 2.05) is 71.0 Å². The Kier molecular flexibility index (Phi) is 8.07. The second-order valence-electron chi connectivity index (χ2n) is 9.66. The number of benzene rings is 1. The van der Waals surface area contributed by atoms with Crippen LogP contribution >= 0.6 is 11.3 Å². The molecule has 2 heterocycles. The second kappa shape index (κ2) is 10.7. The van der Waals surface area contributed by atoms with E-state index in [0.29, 0.717) is 6.54 Å². The smallest absolute Gasteiger partial charge is 0.308 e. The number of fused-ring (bicyclic) bond motifs is 1. The molecule has 0 fully saturated rings. The number of amidine groups is 2. The summed E-state index contributed by atoms with van der Waals surface area (Å²) in [6.07, 6.45) is 4.83. The van der Waals surface area contributed by atoms with Crippen molar-refractivity contribution in [3.63, 3.8) is 0 Å². The number of aliphatic imine (C=N–C) groups is 1. The minimum Gasteiger partial charge on any atom is -0.460 e. The van der Waals surface area contributed by atoms with Crippen molar-refractivity contribution in [3.8, 4) is 0 Å². The van der Waals surface area contributed by atoms with Crippen LogP contribution < -0.4 is 10.6 Å². The number of carbonyl (C=O) groups is 1. The second-order valence-corrected chi connectivity index (χ2v) is 10.9. The van der Waals surface area contributed by atoms with E-state index in [2.05, 4.69) is 0 Å². The number of aryl methyl sites for hydroxylation is 1. The summed E-state index contributed by atoms with van der Waals surface area (Å²) in [6, 6.07) is 7.30. The normalized spacial score (nSPS) is 16.2. The van der Waals surface area contributed by atoms with Crippen molar-refractivity contribution in [3.05, 3.63) is 57.5 Å². The molecule has 1 atom stereocenters. The molecule has 7 nitrogen and oxygen atoms in total. The summed E-state index contributed by atoms with van der Waals surface area (Å²) in [7, 11) is 0. The first-order valence-corrected chi connectivity index (χ1v) is 12.6. The maximum absolute atomic E-state index is 12.7. The van der Waals surface area contributed by atoms with Crippen molar-refractivity contribution in [2.45, 2.75) is 66.0 Å². The molecule has 35 heavy (non-hydrogen) atoms. The fourth-order valence-corrected chi connectivity index (χ4v) is 5.11.